The Bertz CT molecular complexity index is 949. The minimum Gasteiger partial charge on any atom is -0.256 e. The highest BCUT2D eigenvalue weighted by molar-refractivity contribution is 5.89. The molecule has 1 nitrogen and oxygen atoms in total. The van der Waals surface area contributed by atoms with E-state index in [1.54, 1.807) is 0 Å². The van der Waals surface area contributed by atoms with E-state index in [9.17, 15) is 0 Å². The van der Waals surface area contributed by atoms with Crippen LogP contribution in [0.25, 0.3) is 28.0 Å². The van der Waals surface area contributed by atoms with Gasteiger partial charge in [-0.25, -0.2) is 0 Å². The second-order valence-corrected chi connectivity index (χ2v) is 7.11. The number of benzene rings is 2. The topological polar surface area (TPSA) is 12.9 Å². The molecule has 0 unspecified atom stereocenters. The minimum absolute atomic E-state index is 0.00304. The largest absolute Gasteiger partial charge is 0.256 e. The summed E-state index contributed by atoms with van der Waals surface area (Å²) < 4.78 is 0. The summed E-state index contributed by atoms with van der Waals surface area (Å²) in [5, 5.41) is 0. The van der Waals surface area contributed by atoms with Crippen LogP contribution in [0.3, 0.4) is 0 Å². The molecule has 2 aromatic carbocycles. The molecule has 24 heavy (non-hydrogen) atoms. The average Bonchev–Trinajstić information content (AvgIpc) is 2.82. The molecule has 118 valence electrons. The SMILES string of the molecule is C=C(C)c1cc2c(cc1-c1ccccn1)C(C)(C)c1ccccc1-2. The van der Waals surface area contributed by atoms with Crippen molar-refractivity contribution in [1.82, 2.24) is 4.98 Å². The van der Waals surface area contributed by atoms with Gasteiger partial charge < -0.3 is 0 Å². The summed E-state index contributed by atoms with van der Waals surface area (Å²) >= 11 is 0. The monoisotopic (exact) mass is 311 g/mol. The lowest BCUT2D eigenvalue weighted by Gasteiger charge is -2.23. The van der Waals surface area contributed by atoms with E-state index in [-0.39, 0.29) is 5.41 Å². The van der Waals surface area contributed by atoms with Gasteiger partial charge >= 0.3 is 0 Å². The van der Waals surface area contributed by atoms with E-state index < -0.39 is 0 Å². The Balaban J connectivity index is 2.05. The van der Waals surface area contributed by atoms with Crippen LogP contribution in [0.5, 0.6) is 0 Å². The van der Waals surface area contributed by atoms with Crippen molar-refractivity contribution in [2.24, 2.45) is 0 Å². The van der Waals surface area contributed by atoms with Crippen LogP contribution in [0.1, 0.15) is 37.5 Å². The lowest BCUT2D eigenvalue weighted by molar-refractivity contribution is 0.660. The predicted octanol–water partition coefficient (Wildman–Crippen LogP) is 6.09. The molecule has 0 amide bonds. The van der Waals surface area contributed by atoms with E-state index >= 15 is 0 Å². The molecule has 0 radical (unpaired) electrons. The van der Waals surface area contributed by atoms with Gasteiger partial charge in [0.05, 0.1) is 5.69 Å². The smallest absolute Gasteiger partial charge is 0.0708 e. The van der Waals surface area contributed by atoms with E-state index in [2.05, 4.69) is 74.8 Å². The maximum absolute atomic E-state index is 4.57. The fraction of sp³-hybridized carbons (Fsp3) is 0.174. The Hall–Kier alpha value is -2.67. The Labute approximate surface area is 143 Å². The number of allylic oxidation sites excluding steroid dienone is 1. The molecule has 0 saturated heterocycles. The molecular formula is C23H21N. The molecule has 0 saturated carbocycles. The molecule has 1 heteroatoms. The van der Waals surface area contributed by atoms with Crippen LogP contribution in [-0.2, 0) is 5.41 Å². The van der Waals surface area contributed by atoms with E-state index in [0.717, 1.165) is 11.3 Å². The molecule has 0 spiro atoms. The zero-order valence-corrected chi connectivity index (χ0v) is 14.4. The molecule has 3 aromatic rings. The van der Waals surface area contributed by atoms with Gasteiger partial charge in [-0.1, -0.05) is 56.3 Å². The Morgan fingerprint density at radius 3 is 2.33 bits per heavy atom. The number of hydrogen-bond acceptors (Lipinski definition) is 1. The van der Waals surface area contributed by atoms with Gasteiger partial charge in [0.25, 0.3) is 0 Å². The maximum atomic E-state index is 4.57. The second kappa shape index (κ2) is 5.17. The number of fused-ring (bicyclic) bond motifs is 3. The van der Waals surface area contributed by atoms with Crippen LogP contribution >= 0.6 is 0 Å². The van der Waals surface area contributed by atoms with Crippen molar-refractivity contribution in [3.05, 3.63) is 84.1 Å². The number of pyridine rings is 1. The van der Waals surface area contributed by atoms with Gasteiger partial charge in [-0.2, -0.15) is 0 Å². The minimum atomic E-state index is 0.00304. The van der Waals surface area contributed by atoms with Gasteiger partial charge in [-0.15, -0.1) is 0 Å². The fourth-order valence-corrected chi connectivity index (χ4v) is 3.83. The first kappa shape index (κ1) is 14.9. The van der Waals surface area contributed by atoms with Crippen LogP contribution in [0.2, 0.25) is 0 Å². The summed E-state index contributed by atoms with van der Waals surface area (Å²) in [6.07, 6.45) is 1.85. The van der Waals surface area contributed by atoms with Crippen molar-refractivity contribution < 1.29 is 0 Å². The molecule has 0 aliphatic heterocycles. The zero-order valence-electron chi connectivity index (χ0n) is 14.4. The highest BCUT2D eigenvalue weighted by Gasteiger charge is 2.36. The Morgan fingerprint density at radius 1 is 0.875 bits per heavy atom. The highest BCUT2D eigenvalue weighted by Crippen LogP contribution is 2.50. The third-order valence-electron chi connectivity index (χ3n) is 5.12. The summed E-state index contributed by atoms with van der Waals surface area (Å²) in [6.45, 7) is 10.9. The number of aromatic nitrogens is 1. The van der Waals surface area contributed by atoms with Gasteiger partial charge in [-0.05, 0) is 59.0 Å². The van der Waals surface area contributed by atoms with Gasteiger partial charge in [-0.3, -0.25) is 4.98 Å². The fourth-order valence-electron chi connectivity index (χ4n) is 3.83. The van der Waals surface area contributed by atoms with Crippen molar-refractivity contribution in [1.29, 1.82) is 0 Å². The van der Waals surface area contributed by atoms with Gasteiger partial charge in [0.1, 0.15) is 0 Å². The maximum Gasteiger partial charge on any atom is 0.0708 e. The summed E-state index contributed by atoms with van der Waals surface area (Å²) in [4.78, 5) is 4.57. The zero-order chi connectivity index (χ0) is 16.9. The number of rotatable bonds is 2. The van der Waals surface area contributed by atoms with Gasteiger partial charge in [0.15, 0.2) is 0 Å². The third-order valence-corrected chi connectivity index (χ3v) is 5.12. The first-order valence-corrected chi connectivity index (χ1v) is 8.36. The summed E-state index contributed by atoms with van der Waals surface area (Å²) in [6, 6.07) is 19.4. The van der Waals surface area contributed by atoms with Crippen LogP contribution in [0.4, 0.5) is 0 Å². The second-order valence-electron chi connectivity index (χ2n) is 7.11. The van der Waals surface area contributed by atoms with Crippen molar-refractivity contribution in [2.45, 2.75) is 26.2 Å². The highest BCUT2D eigenvalue weighted by atomic mass is 14.7. The molecule has 0 N–H and O–H groups in total. The first-order valence-electron chi connectivity index (χ1n) is 8.36. The van der Waals surface area contributed by atoms with Crippen molar-refractivity contribution >= 4 is 5.57 Å². The third kappa shape index (κ3) is 2.05. The Kier molecular flexibility index (Phi) is 3.21. The molecule has 0 fully saturated rings. The van der Waals surface area contributed by atoms with E-state index in [4.69, 9.17) is 0 Å². The van der Waals surface area contributed by atoms with E-state index in [0.29, 0.717) is 0 Å². The molecular weight excluding hydrogens is 290 g/mol. The van der Waals surface area contributed by atoms with Crippen LogP contribution in [0, 0.1) is 0 Å². The summed E-state index contributed by atoms with van der Waals surface area (Å²) in [7, 11) is 0. The molecule has 0 bridgehead atoms. The van der Waals surface area contributed by atoms with Crippen molar-refractivity contribution in [3.8, 4) is 22.4 Å². The first-order chi connectivity index (χ1) is 11.5. The Morgan fingerprint density at radius 2 is 1.62 bits per heavy atom. The van der Waals surface area contributed by atoms with Crippen LogP contribution < -0.4 is 0 Å². The molecule has 0 atom stereocenters. The number of nitrogens with zero attached hydrogens (tertiary/aromatic N) is 1. The molecule has 1 aromatic heterocycles. The van der Waals surface area contributed by atoms with Gasteiger partial charge in [0.2, 0.25) is 0 Å². The number of hydrogen-bond donors (Lipinski definition) is 0. The lowest BCUT2D eigenvalue weighted by atomic mass is 9.81. The standard InChI is InChI=1S/C23H21N/c1-15(2)17-13-18-16-9-5-6-10-20(16)23(3,4)21(18)14-19(17)22-11-7-8-12-24-22/h5-14H,1H2,2-4H3. The van der Waals surface area contributed by atoms with Gasteiger partial charge in [0, 0.05) is 17.2 Å². The molecule has 1 aliphatic carbocycles. The molecule has 1 aliphatic rings. The summed E-state index contributed by atoms with van der Waals surface area (Å²) in [5.74, 6) is 0. The van der Waals surface area contributed by atoms with Crippen molar-refractivity contribution in [3.63, 3.8) is 0 Å². The van der Waals surface area contributed by atoms with E-state index in [1.165, 1.54) is 33.4 Å². The van der Waals surface area contributed by atoms with E-state index in [1.807, 2.05) is 18.3 Å². The lowest BCUT2D eigenvalue weighted by Crippen LogP contribution is -2.15. The average molecular weight is 311 g/mol. The molecule has 1 heterocycles. The summed E-state index contributed by atoms with van der Waals surface area (Å²) in [5.41, 5.74) is 9.86. The van der Waals surface area contributed by atoms with Crippen molar-refractivity contribution in [2.75, 3.05) is 0 Å². The normalized spacial score (nSPS) is 14.1. The molecule has 4 rings (SSSR count). The predicted molar refractivity (Wildman–Crippen MR) is 102 cm³/mol. The van der Waals surface area contributed by atoms with Crippen LogP contribution in [0.15, 0.2) is 67.4 Å². The quantitative estimate of drug-likeness (QED) is 0.558. The van der Waals surface area contributed by atoms with Crippen LogP contribution in [-0.4, -0.2) is 4.98 Å².